The van der Waals surface area contributed by atoms with Crippen molar-refractivity contribution >= 4 is 5.91 Å². The molecule has 2 N–H and O–H groups in total. The maximum Gasteiger partial charge on any atom is 0.248 e. The van der Waals surface area contributed by atoms with E-state index in [1.807, 2.05) is 25.1 Å². The molecular weight excluding hydrogens is 248 g/mol. The normalized spacial score (nSPS) is 14.6. The van der Waals surface area contributed by atoms with Crippen molar-refractivity contribution < 1.29 is 4.79 Å². The van der Waals surface area contributed by atoms with Crippen LogP contribution in [-0.4, -0.2) is 5.91 Å². The van der Waals surface area contributed by atoms with Crippen molar-refractivity contribution in [3.05, 3.63) is 47.6 Å². The third-order valence-electron chi connectivity index (χ3n) is 2.98. The van der Waals surface area contributed by atoms with E-state index in [4.69, 9.17) is 11.0 Å². The standard InChI is InChI=1S/C17H24N2O/c1-5-8-9-16(17(19)20)15(10-13(4)6-2)11-14(7-3)12-18/h7,9-11,13H,3,5-6,8H2,1-2,4H3,(H2,19,20)/b14-11+,15-10+,16-9+. The van der Waals surface area contributed by atoms with E-state index in [0.29, 0.717) is 22.6 Å². The molecule has 1 unspecified atom stereocenters. The van der Waals surface area contributed by atoms with E-state index in [1.54, 1.807) is 6.08 Å². The van der Waals surface area contributed by atoms with Gasteiger partial charge >= 0.3 is 0 Å². The Labute approximate surface area is 122 Å². The fourth-order valence-corrected chi connectivity index (χ4v) is 1.59. The molecule has 0 radical (unpaired) electrons. The molecule has 0 saturated heterocycles. The Hall–Kier alpha value is -2.08. The van der Waals surface area contributed by atoms with Gasteiger partial charge in [-0.3, -0.25) is 4.79 Å². The number of nitrogens with two attached hydrogens (primary N) is 1. The highest BCUT2D eigenvalue weighted by molar-refractivity contribution is 5.97. The van der Waals surface area contributed by atoms with Crippen LogP contribution in [0.3, 0.4) is 0 Å². The third kappa shape index (κ3) is 6.19. The van der Waals surface area contributed by atoms with Crippen molar-refractivity contribution in [1.29, 1.82) is 5.26 Å². The second-order valence-electron chi connectivity index (χ2n) is 4.69. The van der Waals surface area contributed by atoms with E-state index in [9.17, 15) is 4.79 Å². The Morgan fingerprint density at radius 3 is 2.50 bits per heavy atom. The van der Waals surface area contributed by atoms with E-state index in [0.717, 1.165) is 19.3 Å². The Morgan fingerprint density at radius 1 is 1.45 bits per heavy atom. The van der Waals surface area contributed by atoms with Crippen LogP contribution in [0.15, 0.2) is 47.6 Å². The average molecular weight is 272 g/mol. The number of allylic oxidation sites excluding steroid dienone is 5. The van der Waals surface area contributed by atoms with Crippen molar-refractivity contribution in [3.63, 3.8) is 0 Å². The van der Waals surface area contributed by atoms with E-state index in [2.05, 4.69) is 20.4 Å². The highest BCUT2D eigenvalue weighted by Crippen LogP contribution is 2.19. The Kier molecular flexibility index (Phi) is 8.78. The number of amides is 1. The number of nitriles is 1. The summed E-state index contributed by atoms with van der Waals surface area (Å²) in [6.07, 6.45) is 9.63. The number of carbonyl (C=O) groups is 1. The molecule has 0 saturated carbocycles. The lowest BCUT2D eigenvalue weighted by atomic mass is 9.96. The van der Waals surface area contributed by atoms with Gasteiger partial charge in [-0.15, -0.1) is 0 Å². The molecule has 1 amide bonds. The van der Waals surface area contributed by atoms with Gasteiger partial charge in [-0.25, -0.2) is 0 Å². The molecule has 108 valence electrons. The van der Waals surface area contributed by atoms with Crippen molar-refractivity contribution in [2.75, 3.05) is 0 Å². The molecule has 0 heterocycles. The van der Waals surface area contributed by atoms with E-state index >= 15 is 0 Å². The highest BCUT2D eigenvalue weighted by Gasteiger charge is 2.11. The Bertz CT molecular complexity index is 476. The van der Waals surface area contributed by atoms with E-state index in [-0.39, 0.29) is 0 Å². The third-order valence-corrected chi connectivity index (χ3v) is 2.98. The van der Waals surface area contributed by atoms with Crippen LogP contribution >= 0.6 is 0 Å². The maximum absolute atomic E-state index is 11.6. The Morgan fingerprint density at radius 2 is 2.10 bits per heavy atom. The first-order chi connectivity index (χ1) is 9.49. The minimum atomic E-state index is -0.467. The molecule has 0 aromatic carbocycles. The summed E-state index contributed by atoms with van der Waals surface area (Å²) >= 11 is 0. The van der Waals surface area contributed by atoms with Gasteiger partial charge < -0.3 is 5.73 Å². The summed E-state index contributed by atoms with van der Waals surface area (Å²) in [5.74, 6) is -0.166. The summed E-state index contributed by atoms with van der Waals surface area (Å²) in [6.45, 7) is 9.76. The molecule has 20 heavy (non-hydrogen) atoms. The molecule has 0 rings (SSSR count). The van der Waals surface area contributed by atoms with Crippen molar-refractivity contribution in [3.8, 4) is 6.07 Å². The predicted octanol–water partition coefficient (Wildman–Crippen LogP) is 3.81. The van der Waals surface area contributed by atoms with Gasteiger partial charge in [-0.2, -0.15) is 5.26 Å². The molecule has 0 aliphatic heterocycles. The fraction of sp³-hybridized carbons (Fsp3) is 0.412. The molecule has 3 nitrogen and oxygen atoms in total. The van der Waals surface area contributed by atoms with Crippen molar-refractivity contribution in [2.45, 2.75) is 40.0 Å². The van der Waals surface area contributed by atoms with Gasteiger partial charge in [-0.1, -0.05) is 58.4 Å². The first kappa shape index (κ1) is 17.9. The van der Waals surface area contributed by atoms with Crippen molar-refractivity contribution in [2.24, 2.45) is 11.7 Å². The van der Waals surface area contributed by atoms with Crippen LogP contribution in [0.1, 0.15) is 40.0 Å². The van der Waals surface area contributed by atoms with Crippen LogP contribution in [0.4, 0.5) is 0 Å². The monoisotopic (exact) mass is 272 g/mol. The second kappa shape index (κ2) is 9.80. The lowest BCUT2D eigenvalue weighted by Crippen LogP contribution is -2.15. The zero-order valence-electron chi connectivity index (χ0n) is 12.6. The molecule has 0 aromatic rings. The molecule has 0 aromatic heterocycles. The second-order valence-corrected chi connectivity index (χ2v) is 4.69. The van der Waals surface area contributed by atoms with Crippen LogP contribution in [0.2, 0.25) is 0 Å². The molecular formula is C17H24N2O. The molecule has 0 aliphatic carbocycles. The van der Waals surface area contributed by atoms with Gasteiger partial charge in [0.1, 0.15) is 0 Å². The number of unbranched alkanes of at least 4 members (excludes halogenated alkanes) is 1. The first-order valence-electron chi connectivity index (χ1n) is 6.96. The van der Waals surface area contributed by atoms with Crippen LogP contribution in [0.5, 0.6) is 0 Å². The summed E-state index contributed by atoms with van der Waals surface area (Å²) in [5, 5.41) is 9.01. The molecule has 1 atom stereocenters. The van der Waals surface area contributed by atoms with Crippen LogP contribution in [0, 0.1) is 17.2 Å². The zero-order chi connectivity index (χ0) is 15.5. The van der Waals surface area contributed by atoms with E-state index < -0.39 is 5.91 Å². The minimum Gasteiger partial charge on any atom is -0.366 e. The van der Waals surface area contributed by atoms with Gasteiger partial charge in [0.05, 0.1) is 11.6 Å². The maximum atomic E-state index is 11.6. The summed E-state index contributed by atoms with van der Waals surface area (Å²) in [4.78, 5) is 11.6. The molecule has 0 spiro atoms. The quantitative estimate of drug-likeness (QED) is 0.415. The topological polar surface area (TPSA) is 66.9 Å². The van der Waals surface area contributed by atoms with Gasteiger partial charge in [0.2, 0.25) is 5.91 Å². The first-order valence-corrected chi connectivity index (χ1v) is 6.96. The fourth-order valence-electron chi connectivity index (χ4n) is 1.59. The minimum absolute atomic E-state index is 0.301. The summed E-state index contributed by atoms with van der Waals surface area (Å²) in [6, 6.07) is 2.05. The summed E-state index contributed by atoms with van der Waals surface area (Å²) in [5.41, 5.74) is 7.07. The zero-order valence-corrected chi connectivity index (χ0v) is 12.6. The van der Waals surface area contributed by atoms with Gasteiger partial charge in [0.25, 0.3) is 0 Å². The van der Waals surface area contributed by atoms with Crippen LogP contribution in [-0.2, 0) is 4.79 Å². The van der Waals surface area contributed by atoms with Crippen molar-refractivity contribution in [1.82, 2.24) is 0 Å². The number of hydrogen-bond donors (Lipinski definition) is 1. The summed E-state index contributed by atoms with van der Waals surface area (Å²) < 4.78 is 0. The SMILES string of the molecule is C=C\C(C#N)=C/C(=C\C(C)CC)C(=C\CCC)/C(N)=O. The summed E-state index contributed by atoms with van der Waals surface area (Å²) in [7, 11) is 0. The number of hydrogen-bond acceptors (Lipinski definition) is 2. The number of rotatable bonds is 8. The predicted molar refractivity (Wildman–Crippen MR) is 83.6 cm³/mol. The lowest BCUT2D eigenvalue weighted by molar-refractivity contribution is -0.114. The number of primary amides is 1. The number of nitrogens with zero attached hydrogens (tertiary/aromatic N) is 1. The molecule has 0 bridgehead atoms. The van der Waals surface area contributed by atoms with Gasteiger partial charge in [0, 0.05) is 5.57 Å². The number of carbonyl (C=O) groups excluding carboxylic acids is 1. The smallest absolute Gasteiger partial charge is 0.248 e. The lowest BCUT2D eigenvalue weighted by Gasteiger charge is -2.09. The van der Waals surface area contributed by atoms with Crippen LogP contribution in [0.25, 0.3) is 0 Å². The average Bonchev–Trinajstić information content (AvgIpc) is 2.43. The van der Waals surface area contributed by atoms with E-state index in [1.165, 1.54) is 6.08 Å². The van der Waals surface area contributed by atoms with Crippen LogP contribution < -0.4 is 5.73 Å². The van der Waals surface area contributed by atoms with Gasteiger partial charge in [0.15, 0.2) is 0 Å². The Balaban J connectivity index is 5.79. The largest absolute Gasteiger partial charge is 0.366 e. The van der Waals surface area contributed by atoms with Gasteiger partial charge in [-0.05, 0) is 24.0 Å². The molecule has 3 heteroatoms. The molecule has 0 fully saturated rings. The highest BCUT2D eigenvalue weighted by atomic mass is 16.1. The molecule has 0 aliphatic rings.